The Kier molecular flexibility index (Phi) is 5.68. The molecule has 1 aliphatic heterocycles. The summed E-state index contributed by atoms with van der Waals surface area (Å²) in [6.07, 6.45) is 1.29. The maximum Gasteiger partial charge on any atom is 0.253 e. The number of para-hydroxylation sites is 1. The molecule has 1 aromatic heterocycles. The Morgan fingerprint density at radius 1 is 1.00 bits per heavy atom. The van der Waals surface area contributed by atoms with Crippen LogP contribution in [-0.4, -0.2) is 34.8 Å². The van der Waals surface area contributed by atoms with Crippen LogP contribution in [0.15, 0.2) is 66.0 Å². The zero-order chi connectivity index (χ0) is 21.1. The van der Waals surface area contributed by atoms with Crippen molar-refractivity contribution in [3.05, 3.63) is 82.3 Å². The summed E-state index contributed by atoms with van der Waals surface area (Å²) in [6, 6.07) is 19.1. The normalized spacial score (nSPS) is 15.6. The summed E-state index contributed by atoms with van der Waals surface area (Å²) in [5.41, 5.74) is 1.95. The number of aryl methyl sites for hydroxylation is 1. The van der Waals surface area contributed by atoms with Crippen molar-refractivity contribution in [3.8, 4) is 0 Å². The van der Waals surface area contributed by atoms with E-state index < -0.39 is 5.54 Å². The highest BCUT2D eigenvalue weighted by atomic mass is 32.1. The standard InChI is InChI=1S/C24H25N3O2S/c1-18-17-30-23(25-18)24(27(19(2)28)21-11-7-4-8-12-21)13-15-26(16-14-24)22(29)20-9-5-3-6-10-20/h3-12,17H,13-16H2,1-2H3. The van der Waals surface area contributed by atoms with Gasteiger partial charge in [0.2, 0.25) is 5.91 Å². The molecule has 154 valence electrons. The van der Waals surface area contributed by atoms with Crippen LogP contribution in [0.5, 0.6) is 0 Å². The summed E-state index contributed by atoms with van der Waals surface area (Å²) < 4.78 is 0. The molecule has 0 bridgehead atoms. The summed E-state index contributed by atoms with van der Waals surface area (Å²) >= 11 is 1.59. The average Bonchev–Trinajstić information content (AvgIpc) is 3.22. The first-order valence-corrected chi connectivity index (χ1v) is 11.0. The molecule has 2 aromatic carbocycles. The van der Waals surface area contributed by atoms with Crippen molar-refractivity contribution in [2.45, 2.75) is 32.2 Å². The third-order valence-electron chi connectivity index (χ3n) is 5.67. The van der Waals surface area contributed by atoms with E-state index in [2.05, 4.69) is 0 Å². The van der Waals surface area contributed by atoms with Crippen LogP contribution in [0.25, 0.3) is 0 Å². The van der Waals surface area contributed by atoms with Gasteiger partial charge in [0.05, 0.1) is 0 Å². The lowest BCUT2D eigenvalue weighted by Crippen LogP contribution is -2.56. The topological polar surface area (TPSA) is 53.5 Å². The lowest BCUT2D eigenvalue weighted by molar-refractivity contribution is -0.118. The highest BCUT2D eigenvalue weighted by molar-refractivity contribution is 7.09. The predicted molar refractivity (Wildman–Crippen MR) is 120 cm³/mol. The van der Waals surface area contributed by atoms with Crippen LogP contribution in [0.2, 0.25) is 0 Å². The molecule has 30 heavy (non-hydrogen) atoms. The monoisotopic (exact) mass is 419 g/mol. The van der Waals surface area contributed by atoms with Crippen molar-refractivity contribution in [1.29, 1.82) is 0 Å². The summed E-state index contributed by atoms with van der Waals surface area (Å²) in [5, 5.41) is 2.97. The number of hydrogen-bond acceptors (Lipinski definition) is 4. The van der Waals surface area contributed by atoms with E-state index in [1.165, 1.54) is 0 Å². The van der Waals surface area contributed by atoms with E-state index >= 15 is 0 Å². The maximum absolute atomic E-state index is 13.0. The molecule has 0 spiro atoms. The van der Waals surface area contributed by atoms with Gasteiger partial charge in [-0.1, -0.05) is 36.4 Å². The SMILES string of the molecule is CC(=O)N(c1ccccc1)C1(c2nc(C)cs2)CCN(C(=O)c2ccccc2)CC1. The highest BCUT2D eigenvalue weighted by Crippen LogP contribution is 2.43. The molecule has 1 aliphatic rings. The van der Waals surface area contributed by atoms with Crippen molar-refractivity contribution in [3.63, 3.8) is 0 Å². The molecule has 0 saturated carbocycles. The number of nitrogens with zero attached hydrogens (tertiary/aromatic N) is 3. The molecule has 4 rings (SSSR count). The molecule has 0 atom stereocenters. The first-order valence-electron chi connectivity index (χ1n) is 10.1. The van der Waals surface area contributed by atoms with Crippen LogP contribution < -0.4 is 4.90 Å². The van der Waals surface area contributed by atoms with Gasteiger partial charge in [-0.3, -0.25) is 14.5 Å². The highest BCUT2D eigenvalue weighted by Gasteiger charge is 2.46. The first kappa shape index (κ1) is 20.3. The van der Waals surface area contributed by atoms with Gasteiger partial charge in [-0.2, -0.15) is 0 Å². The molecule has 0 unspecified atom stereocenters. The number of likely N-dealkylation sites (tertiary alicyclic amines) is 1. The van der Waals surface area contributed by atoms with Crippen molar-refractivity contribution < 1.29 is 9.59 Å². The number of carbonyl (C=O) groups excluding carboxylic acids is 2. The van der Waals surface area contributed by atoms with Gasteiger partial charge in [-0.25, -0.2) is 4.98 Å². The fraction of sp³-hybridized carbons (Fsp3) is 0.292. The Bertz CT molecular complexity index is 1020. The van der Waals surface area contributed by atoms with E-state index in [4.69, 9.17) is 4.98 Å². The largest absolute Gasteiger partial charge is 0.338 e. The van der Waals surface area contributed by atoms with Gasteiger partial charge in [0.1, 0.15) is 10.5 Å². The van der Waals surface area contributed by atoms with Crippen LogP contribution in [-0.2, 0) is 10.3 Å². The van der Waals surface area contributed by atoms with Crippen molar-refractivity contribution in [2.24, 2.45) is 0 Å². The van der Waals surface area contributed by atoms with E-state index in [0.29, 0.717) is 31.5 Å². The number of amides is 2. The Morgan fingerprint density at radius 2 is 1.60 bits per heavy atom. The minimum atomic E-state index is -0.556. The molecular weight excluding hydrogens is 394 g/mol. The van der Waals surface area contributed by atoms with Gasteiger partial charge in [-0.05, 0) is 44.0 Å². The van der Waals surface area contributed by atoms with E-state index in [-0.39, 0.29) is 11.8 Å². The third kappa shape index (κ3) is 3.75. The number of rotatable bonds is 4. The number of piperidine rings is 1. The van der Waals surface area contributed by atoms with E-state index in [1.54, 1.807) is 18.3 Å². The van der Waals surface area contributed by atoms with Gasteiger partial charge in [0.25, 0.3) is 5.91 Å². The van der Waals surface area contributed by atoms with Crippen molar-refractivity contribution in [1.82, 2.24) is 9.88 Å². The van der Waals surface area contributed by atoms with E-state index in [9.17, 15) is 9.59 Å². The van der Waals surface area contributed by atoms with Crippen molar-refractivity contribution >= 4 is 28.8 Å². The number of thiazole rings is 1. The van der Waals surface area contributed by atoms with Gasteiger partial charge < -0.3 is 4.90 Å². The van der Waals surface area contributed by atoms with Crippen LogP contribution >= 0.6 is 11.3 Å². The van der Waals surface area contributed by atoms with Crippen LogP contribution in [0.4, 0.5) is 5.69 Å². The minimum Gasteiger partial charge on any atom is -0.338 e. The number of benzene rings is 2. The number of aromatic nitrogens is 1. The van der Waals surface area contributed by atoms with Crippen LogP contribution in [0.3, 0.4) is 0 Å². The Morgan fingerprint density at radius 3 is 2.13 bits per heavy atom. The molecule has 0 aliphatic carbocycles. The lowest BCUT2D eigenvalue weighted by atomic mass is 9.85. The van der Waals surface area contributed by atoms with E-state index in [0.717, 1.165) is 16.4 Å². The maximum atomic E-state index is 13.0. The van der Waals surface area contributed by atoms with Gasteiger partial charge in [0.15, 0.2) is 0 Å². The molecule has 1 fully saturated rings. The Balaban J connectivity index is 1.69. The summed E-state index contributed by atoms with van der Waals surface area (Å²) in [6.45, 7) is 4.73. The van der Waals surface area contributed by atoms with Gasteiger partial charge in [-0.15, -0.1) is 11.3 Å². The fourth-order valence-corrected chi connectivity index (χ4v) is 5.30. The number of anilines is 1. The Hall–Kier alpha value is -2.99. The van der Waals surface area contributed by atoms with Crippen LogP contribution in [0, 0.1) is 6.92 Å². The number of hydrogen-bond donors (Lipinski definition) is 0. The summed E-state index contributed by atoms with van der Waals surface area (Å²) in [4.78, 5) is 34.4. The van der Waals surface area contributed by atoms with Crippen LogP contribution in [0.1, 0.15) is 40.8 Å². The zero-order valence-electron chi connectivity index (χ0n) is 17.2. The minimum absolute atomic E-state index is 0.0168. The average molecular weight is 420 g/mol. The molecule has 5 nitrogen and oxygen atoms in total. The lowest BCUT2D eigenvalue weighted by Gasteiger charge is -2.47. The summed E-state index contributed by atoms with van der Waals surface area (Å²) in [7, 11) is 0. The third-order valence-corrected chi connectivity index (χ3v) is 6.83. The smallest absolute Gasteiger partial charge is 0.253 e. The van der Waals surface area contributed by atoms with Crippen molar-refractivity contribution in [2.75, 3.05) is 18.0 Å². The predicted octanol–water partition coefficient (Wildman–Crippen LogP) is 4.64. The Labute approximate surface area is 181 Å². The fourth-order valence-electron chi connectivity index (χ4n) is 4.25. The zero-order valence-corrected chi connectivity index (χ0v) is 18.1. The molecule has 3 aromatic rings. The number of carbonyl (C=O) groups is 2. The van der Waals surface area contributed by atoms with Gasteiger partial charge in [0, 0.05) is 42.3 Å². The molecule has 0 N–H and O–H groups in total. The van der Waals surface area contributed by atoms with Gasteiger partial charge >= 0.3 is 0 Å². The molecule has 2 heterocycles. The van der Waals surface area contributed by atoms with E-state index in [1.807, 2.05) is 82.8 Å². The second kappa shape index (κ2) is 8.40. The molecular formula is C24H25N3O2S. The molecule has 1 saturated heterocycles. The summed E-state index contributed by atoms with van der Waals surface area (Å²) in [5.74, 6) is 0.0190. The molecule has 2 amide bonds. The molecule has 6 heteroatoms. The quantitative estimate of drug-likeness (QED) is 0.619. The first-order chi connectivity index (χ1) is 14.5. The second-order valence-corrected chi connectivity index (χ2v) is 8.53. The molecule has 0 radical (unpaired) electrons. The second-order valence-electron chi connectivity index (χ2n) is 7.67.